The number of para-hydroxylation sites is 1. The average Bonchev–Trinajstić information content (AvgIpc) is 3.10. The quantitative estimate of drug-likeness (QED) is 0.396. The number of nitrogens with zero attached hydrogens (tertiary/aromatic N) is 2. The highest BCUT2D eigenvalue weighted by Gasteiger charge is 2.12. The molecule has 0 aliphatic heterocycles. The number of fused-ring (bicyclic) bond motifs is 3. The van der Waals surface area contributed by atoms with Gasteiger partial charge in [-0.15, -0.1) is 0 Å². The molecule has 4 aromatic rings. The summed E-state index contributed by atoms with van der Waals surface area (Å²) in [4.78, 5) is 24.3. The Bertz CT molecular complexity index is 1110. The van der Waals surface area contributed by atoms with Crippen LogP contribution in [0.2, 0.25) is 0 Å². The largest absolute Gasteiger partial charge is 0.497 e. The van der Waals surface area contributed by atoms with E-state index in [1.165, 1.54) is 11.8 Å². The molecule has 2 aromatic carbocycles. The van der Waals surface area contributed by atoms with Crippen molar-refractivity contribution < 1.29 is 9.53 Å². The number of carbonyl (C=O) groups excluding carboxylic acids is 1. The number of amides is 1. The molecule has 136 valence electrons. The number of hydrogen-bond donors (Lipinski definition) is 2. The maximum atomic E-state index is 12.2. The summed E-state index contributed by atoms with van der Waals surface area (Å²) < 4.78 is 5.20. The normalized spacial score (nSPS) is 11.0. The van der Waals surface area contributed by atoms with Gasteiger partial charge in [0.15, 0.2) is 0 Å². The molecule has 6 nitrogen and oxygen atoms in total. The summed E-state index contributed by atoms with van der Waals surface area (Å²) in [7, 11) is 1.63. The molecule has 1 amide bonds. The number of methoxy groups -OCH3 is 1. The molecular weight excluding hydrogens is 360 g/mol. The van der Waals surface area contributed by atoms with Crippen LogP contribution in [0.25, 0.3) is 21.9 Å². The minimum absolute atomic E-state index is 0.0503. The molecule has 2 N–H and O–H groups in total. The molecule has 2 heterocycles. The predicted octanol–water partition coefficient (Wildman–Crippen LogP) is 3.53. The summed E-state index contributed by atoms with van der Waals surface area (Å²) in [6, 6.07) is 15.6. The van der Waals surface area contributed by atoms with E-state index in [1.807, 2.05) is 48.5 Å². The van der Waals surface area contributed by atoms with E-state index in [4.69, 9.17) is 4.74 Å². The second kappa shape index (κ2) is 7.67. The first-order valence-electron chi connectivity index (χ1n) is 8.48. The first kappa shape index (κ1) is 17.4. The standard InChI is InChI=1S/C20H18N4O2S/c1-26-14-6-4-5-13(9-14)10-21-17(25)11-27-20-19-18(22-12-23-20)15-7-2-3-8-16(15)24-19/h2-9,12,24H,10-11H2,1H3,(H,21,25). The topological polar surface area (TPSA) is 79.9 Å². The molecule has 0 saturated heterocycles. The number of benzene rings is 2. The summed E-state index contributed by atoms with van der Waals surface area (Å²) in [5, 5.41) is 4.75. The highest BCUT2D eigenvalue weighted by atomic mass is 32.2. The number of aromatic amines is 1. The second-order valence-electron chi connectivity index (χ2n) is 5.99. The molecule has 0 spiro atoms. The number of thioether (sulfide) groups is 1. The van der Waals surface area contributed by atoms with E-state index in [0.29, 0.717) is 6.54 Å². The minimum atomic E-state index is -0.0503. The number of H-pyrrole nitrogens is 1. The molecule has 4 rings (SSSR count). The van der Waals surface area contributed by atoms with E-state index in [-0.39, 0.29) is 11.7 Å². The van der Waals surface area contributed by atoms with Gasteiger partial charge in [0, 0.05) is 17.4 Å². The maximum absolute atomic E-state index is 12.2. The van der Waals surface area contributed by atoms with Crippen molar-refractivity contribution in [2.24, 2.45) is 0 Å². The number of nitrogens with one attached hydrogen (secondary N) is 2. The molecule has 7 heteroatoms. The third kappa shape index (κ3) is 3.73. The summed E-state index contributed by atoms with van der Waals surface area (Å²) in [6.07, 6.45) is 1.54. The number of rotatable bonds is 6. The Morgan fingerprint density at radius 3 is 2.96 bits per heavy atom. The van der Waals surface area contributed by atoms with Crippen molar-refractivity contribution in [2.75, 3.05) is 12.9 Å². The zero-order valence-corrected chi connectivity index (χ0v) is 15.5. The average molecular weight is 378 g/mol. The van der Waals surface area contributed by atoms with Gasteiger partial charge in [0.2, 0.25) is 5.91 Å². The van der Waals surface area contributed by atoms with Crippen LogP contribution in [0, 0.1) is 0 Å². The van der Waals surface area contributed by atoms with Gasteiger partial charge in [0.1, 0.15) is 22.6 Å². The van der Waals surface area contributed by atoms with E-state index < -0.39 is 0 Å². The lowest BCUT2D eigenvalue weighted by molar-refractivity contribution is -0.118. The lowest BCUT2D eigenvalue weighted by Gasteiger charge is -2.07. The van der Waals surface area contributed by atoms with Gasteiger partial charge in [-0.25, -0.2) is 9.97 Å². The Labute approximate surface area is 160 Å². The van der Waals surface area contributed by atoms with Crippen LogP contribution in [0.3, 0.4) is 0 Å². The monoisotopic (exact) mass is 378 g/mol. The first-order valence-corrected chi connectivity index (χ1v) is 9.47. The fourth-order valence-electron chi connectivity index (χ4n) is 2.90. The molecule has 0 aliphatic rings. The summed E-state index contributed by atoms with van der Waals surface area (Å²) in [5.41, 5.74) is 3.74. The predicted molar refractivity (Wildman–Crippen MR) is 107 cm³/mol. The van der Waals surface area contributed by atoms with Crippen molar-refractivity contribution in [2.45, 2.75) is 11.6 Å². The van der Waals surface area contributed by atoms with E-state index in [1.54, 1.807) is 13.4 Å². The van der Waals surface area contributed by atoms with E-state index >= 15 is 0 Å². The molecule has 0 saturated carbocycles. The Hall–Kier alpha value is -3.06. The Kier molecular flexibility index (Phi) is 4.93. The van der Waals surface area contributed by atoms with Crippen LogP contribution in [0.5, 0.6) is 5.75 Å². The number of carbonyl (C=O) groups is 1. The highest BCUT2D eigenvalue weighted by molar-refractivity contribution is 8.00. The van der Waals surface area contributed by atoms with Crippen LogP contribution in [0.1, 0.15) is 5.56 Å². The Morgan fingerprint density at radius 1 is 1.19 bits per heavy atom. The zero-order valence-electron chi connectivity index (χ0n) is 14.7. The third-order valence-corrected chi connectivity index (χ3v) is 5.21. The minimum Gasteiger partial charge on any atom is -0.497 e. The van der Waals surface area contributed by atoms with Gasteiger partial charge < -0.3 is 15.0 Å². The fourth-order valence-corrected chi connectivity index (χ4v) is 3.68. The van der Waals surface area contributed by atoms with Gasteiger partial charge in [-0.05, 0) is 23.8 Å². The number of aromatic nitrogens is 3. The van der Waals surface area contributed by atoms with Crippen LogP contribution in [-0.2, 0) is 11.3 Å². The third-order valence-electron chi connectivity index (χ3n) is 4.22. The zero-order chi connectivity index (χ0) is 18.6. The van der Waals surface area contributed by atoms with Gasteiger partial charge in [-0.1, -0.05) is 42.1 Å². The van der Waals surface area contributed by atoms with E-state index in [0.717, 1.165) is 38.3 Å². The summed E-state index contributed by atoms with van der Waals surface area (Å²) >= 11 is 1.40. The molecule has 27 heavy (non-hydrogen) atoms. The second-order valence-corrected chi connectivity index (χ2v) is 6.95. The lowest BCUT2D eigenvalue weighted by Crippen LogP contribution is -2.24. The summed E-state index contributed by atoms with van der Waals surface area (Å²) in [6.45, 7) is 0.460. The van der Waals surface area contributed by atoms with E-state index in [2.05, 4.69) is 20.3 Å². The van der Waals surface area contributed by atoms with Crippen LogP contribution in [-0.4, -0.2) is 33.7 Å². The van der Waals surface area contributed by atoms with Crippen molar-refractivity contribution in [3.05, 3.63) is 60.4 Å². The highest BCUT2D eigenvalue weighted by Crippen LogP contribution is 2.29. The Morgan fingerprint density at radius 2 is 2.07 bits per heavy atom. The van der Waals surface area contributed by atoms with Crippen molar-refractivity contribution in [1.82, 2.24) is 20.3 Å². The van der Waals surface area contributed by atoms with Crippen molar-refractivity contribution >= 4 is 39.6 Å². The molecule has 0 aliphatic carbocycles. The van der Waals surface area contributed by atoms with Gasteiger partial charge >= 0.3 is 0 Å². The van der Waals surface area contributed by atoms with Gasteiger partial charge in [-0.2, -0.15) is 0 Å². The van der Waals surface area contributed by atoms with Crippen molar-refractivity contribution in [1.29, 1.82) is 0 Å². The molecule has 0 unspecified atom stereocenters. The van der Waals surface area contributed by atoms with Crippen molar-refractivity contribution in [3.63, 3.8) is 0 Å². The lowest BCUT2D eigenvalue weighted by atomic mass is 10.2. The Balaban J connectivity index is 1.43. The van der Waals surface area contributed by atoms with Crippen LogP contribution >= 0.6 is 11.8 Å². The molecule has 0 radical (unpaired) electrons. The van der Waals surface area contributed by atoms with Crippen LogP contribution in [0.15, 0.2) is 59.9 Å². The van der Waals surface area contributed by atoms with Crippen molar-refractivity contribution in [3.8, 4) is 5.75 Å². The SMILES string of the molecule is COc1cccc(CNC(=O)CSc2ncnc3c2[nH]c2ccccc23)c1. The first-order chi connectivity index (χ1) is 13.2. The fraction of sp³-hybridized carbons (Fsp3) is 0.150. The molecular formula is C20H18N4O2S. The number of hydrogen-bond acceptors (Lipinski definition) is 5. The maximum Gasteiger partial charge on any atom is 0.230 e. The molecule has 0 atom stereocenters. The summed E-state index contributed by atoms with van der Waals surface area (Å²) in [5.74, 6) is 1.01. The van der Waals surface area contributed by atoms with E-state index in [9.17, 15) is 4.79 Å². The smallest absolute Gasteiger partial charge is 0.230 e. The molecule has 0 fully saturated rings. The van der Waals surface area contributed by atoms with Gasteiger partial charge in [0.05, 0.1) is 18.4 Å². The van der Waals surface area contributed by atoms with Gasteiger partial charge in [-0.3, -0.25) is 4.79 Å². The molecule has 0 bridgehead atoms. The van der Waals surface area contributed by atoms with Gasteiger partial charge in [0.25, 0.3) is 0 Å². The number of ether oxygens (including phenoxy) is 1. The van der Waals surface area contributed by atoms with Crippen LogP contribution < -0.4 is 10.1 Å². The molecule has 2 aromatic heterocycles. The van der Waals surface area contributed by atoms with Crippen LogP contribution in [0.4, 0.5) is 0 Å².